The molecule has 10 heteroatoms. The average molecular weight is 529 g/mol. The maximum absolute atomic E-state index is 12.8. The van der Waals surface area contributed by atoms with Gasteiger partial charge in [-0.1, -0.05) is 17.8 Å². The highest BCUT2D eigenvalue weighted by atomic mass is 32.2. The van der Waals surface area contributed by atoms with Crippen LogP contribution >= 0.6 is 23.1 Å². The van der Waals surface area contributed by atoms with Crippen LogP contribution in [0.25, 0.3) is 0 Å². The van der Waals surface area contributed by atoms with Crippen LogP contribution in [0.5, 0.6) is 5.75 Å². The highest BCUT2D eigenvalue weighted by Crippen LogP contribution is 2.38. The fourth-order valence-corrected chi connectivity index (χ4v) is 6.28. The molecule has 0 unspecified atom stereocenters. The van der Waals surface area contributed by atoms with E-state index in [0.717, 1.165) is 37.0 Å². The van der Waals surface area contributed by atoms with Crippen molar-refractivity contribution in [3.8, 4) is 5.75 Å². The number of thiophene rings is 1. The second kappa shape index (κ2) is 11.9. The number of esters is 1. The van der Waals surface area contributed by atoms with Crippen molar-refractivity contribution < 1.29 is 19.1 Å². The lowest BCUT2D eigenvalue weighted by Gasteiger charge is -2.12. The molecule has 0 spiro atoms. The summed E-state index contributed by atoms with van der Waals surface area (Å²) in [4.78, 5) is 26.7. The zero-order chi connectivity index (χ0) is 25.7. The molecule has 0 atom stereocenters. The summed E-state index contributed by atoms with van der Waals surface area (Å²) in [6.45, 7) is 9.17. The van der Waals surface area contributed by atoms with E-state index < -0.39 is 0 Å². The number of nitrogens with zero attached hydrogens (tertiary/aromatic N) is 3. The number of amides is 1. The van der Waals surface area contributed by atoms with Crippen LogP contribution in [0, 0.1) is 13.8 Å². The molecule has 36 heavy (non-hydrogen) atoms. The number of hydrogen-bond acceptors (Lipinski definition) is 8. The van der Waals surface area contributed by atoms with E-state index in [-0.39, 0.29) is 17.6 Å². The molecular formula is C26H32N4O4S2. The van der Waals surface area contributed by atoms with Crippen molar-refractivity contribution in [3.05, 3.63) is 51.2 Å². The van der Waals surface area contributed by atoms with Gasteiger partial charge in [-0.3, -0.25) is 4.79 Å². The molecule has 1 aliphatic rings. The third-order valence-corrected chi connectivity index (χ3v) is 8.37. The first kappa shape index (κ1) is 26.2. The summed E-state index contributed by atoms with van der Waals surface area (Å²) in [5.41, 5.74) is 3.95. The molecule has 3 aromatic rings. The van der Waals surface area contributed by atoms with Gasteiger partial charge in [-0.15, -0.1) is 21.5 Å². The van der Waals surface area contributed by atoms with Gasteiger partial charge in [-0.05, 0) is 82.2 Å². The third kappa shape index (κ3) is 5.92. The monoisotopic (exact) mass is 528 g/mol. The highest BCUT2D eigenvalue weighted by Gasteiger charge is 2.27. The third-order valence-electron chi connectivity index (χ3n) is 6.19. The largest absolute Gasteiger partial charge is 0.486 e. The van der Waals surface area contributed by atoms with Crippen LogP contribution in [0.4, 0.5) is 5.00 Å². The first-order chi connectivity index (χ1) is 17.4. The number of carbonyl (C=O) groups excluding carboxylic acids is 2. The Hall–Kier alpha value is -2.85. The topological polar surface area (TPSA) is 95.3 Å². The molecule has 1 aromatic carbocycles. The second-order valence-corrected chi connectivity index (χ2v) is 10.7. The lowest BCUT2D eigenvalue weighted by Crippen LogP contribution is -2.17. The number of benzene rings is 1. The number of aromatic nitrogens is 3. The molecule has 0 saturated heterocycles. The Morgan fingerprint density at radius 1 is 1.14 bits per heavy atom. The minimum absolute atomic E-state index is 0.154. The van der Waals surface area contributed by atoms with E-state index in [9.17, 15) is 9.59 Å². The molecule has 2 heterocycles. The van der Waals surface area contributed by atoms with Crippen LogP contribution in [0.1, 0.15) is 64.4 Å². The average Bonchev–Trinajstić information content (AvgIpc) is 3.43. The molecule has 2 aromatic heterocycles. The number of carbonyl (C=O) groups is 2. The maximum atomic E-state index is 12.8. The zero-order valence-electron chi connectivity index (χ0n) is 21.2. The summed E-state index contributed by atoms with van der Waals surface area (Å²) in [7, 11) is 0. The Balaban J connectivity index is 1.40. The number of fused-ring (bicyclic) bond motifs is 1. The van der Waals surface area contributed by atoms with Crippen molar-refractivity contribution in [2.45, 2.75) is 71.7 Å². The van der Waals surface area contributed by atoms with Gasteiger partial charge >= 0.3 is 5.97 Å². The van der Waals surface area contributed by atoms with Gasteiger partial charge in [-0.25, -0.2) is 4.79 Å². The zero-order valence-corrected chi connectivity index (χ0v) is 22.8. The van der Waals surface area contributed by atoms with Gasteiger partial charge in [0.15, 0.2) is 11.0 Å². The molecule has 1 amide bonds. The van der Waals surface area contributed by atoms with Gasteiger partial charge in [0.05, 0.1) is 17.9 Å². The fourth-order valence-electron chi connectivity index (χ4n) is 4.17. The van der Waals surface area contributed by atoms with Crippen molar-refractivity contribution in [1.29, 1.82) is 0 Å². The summed E-state index contributed by atoms with van der Waals surface area (Å²) in [6.07, 6.45) is 3.92. The molecule has 192 valence electrons. The van der Waals surface area contributed by atoms with Crippen LogP contribution in [0.2, 0.25) is 0 Å². The lowest BCUT2D eigenvalue weighted by molar-refractivity contribution is -0.113. The molecule has 0 aliphatic heterocycles. The van der Waals surface area contributed by atoms with E-state index >= 15 is 0 Å². The molecular weight excluding hydrogens is 496 g/mol. The number of hydrogen-bond donors (Lipinski definition) is 1. The minimum atomic E-state index is -0.362. The molecule has 4 rings (SSSR count). The molecule has 1 aliphatic carbocycles. The van der Waals surface area contributed by atoms with Gasteiger partial charge in [-0.2, -0.15) is 0 Å². The van der Waals surface area contributed by atoms with Gasteiger partial charge in [0, 0.05) is 11.4 Å². The van der Waals surface area contributed by atoms with Crippen molar-refractivity contribution >= 4 is 40.0 Å². The summed E-state index contributed by atoms with van der Waals surface area (Å²) < 4.78 is 13.2. The number of ether oxygens (including phenoxy) is 2. The summed E-state index contributed by atoms with van der Waals surface area (Å²) in [5.74, 6) is 1.09. The number of nitrogens with one attached hydrogen (secondary N) is 1. The Morgan fingerprint density at radius 2 is 1.94 bits per heavy atom. The molecule has 1 N–H and O–H groups in total. The lowest BCUT2D eigenvalue weighted by atomic mass is 9.95. The predicted octanol–water partition coefficient (Wildman–Crippen LogP) is 5.34. The number of rotatable bonds is 10. The van der Waals surface area contributed by atoms with Crippen molar-refractivity contribution in [1.82, 2.24) is 14.8 Å². The molecule has 8 nitrogen and oxygen atoms in total. The van der Waals surface area contributed by atoms with E-state index in [1.807, 2.05) is 29.7 Å². The van der Waals surface area contributed by atoms with Crippen molar-refractivity contribution in [2.75, 3.05) is 17.7 Å². The molecule has 0 saturated carbocycles. The van der Waals surface area contributed by atoms with Crippen LogP contribution in [0.3, 0.4) is 0 Å². The Kier molecular flexibility index (Phi) is 8.68. The Labute approximate surface area is 219 Å². The van der Waals surface area contributed by atoms with Crippen LogP contribution < -0.4 is 10.1 Å². The van der Waals surface area contributed by atoms with Gasteiger partial charge in [0.2, 0.25) is 5.91 Å². The molecule has 0 bridgehead atoms. The SMILES string of the molecule is CCOC(=O)c1c(NC(=O)CSc2nnc(COc3ccc(C)c(C)c3)n2CC)sc2c1CCCC2. The number of thioether (sulfide) groups is 1. The van der Waals surface area contributed by atoms with Crippen molar-refractivity contribution in [3.63, 3.8) is 0 Å². The minimum Gasteiger partial charge on any atom is -0.486 e. The van der Waals surface area contributed by atoms with Crippen LogP contribution in [-0.4, -0.2) is 39.0 Å². The Morgan fingerprint density at radius 3 is 2.69 bits per heavy atom. The first-order valence-electron chi connectivity index (χ1n) is 12.3. The van der Waals surface area contributed by atoms with E-state index in [1.54, 1.807) is 6.92 Å². The van der Waals surface area contributed by atoms with Gasteiger partial charge in [0.25, 0.3) is 0 Å². The van der Waals surface area contributed by atoms with Gasteiger partial charge in [0.1, 0.15) is 17.4 Å². The van der Waals surface area contributed by atoms with Gasteiger partial charge < -0.3 is 19.4 Å². The molecule has 0 fully saturated rings. The molecule has 0 radical (unpaired) electrons. The smallest absolute Gasteiger partial charge is 0.341 e. The Bertz CT molecular complexity index is 1250. The predicted molar refractivity (Wildman–Crippen MR) is 142 cm³/mol. The highest BCUT2D eigenvalue weighted by molar-refractivity contribution is 7.99. The quantitative estimate of drug-likeness (QED) is 0.280. The normalized spacial score (nSPS) is 12.8. The number of anilines is 1. The van der Waals surface area contributed by atoms with E-state index in [0.29, 0.717) is 41.3 Å². The second-order valence-electron chi connectivity index (χ2n) is 8.65. The standard InChI is InChI=1S/C26H32N4O4S2/c1-5-30-21(14-34-18-12-11-16(3)17(4)13-18)28-29-26(30)35-15-22(31)27-24-23(25(32)33-6-2)19-9-7-8-10-20(19)36-24/h11-13H,5-10,14-15H2,1-4H3,(H,27,31). The van der Waals surface area contributed by atoms with E-state index in [2.05, 4.69) is 29.4 Å². The van der Waals surface area contributed by atoms with Crippen LogP contribution in [0.15, 0.2) is 23.4 Å². The maximum Gasteiger partial charge on any atom is 0.341 e. The van der Waals surface area contributed by atoms with E-state index in [1.165, 1.54) is 39.1 Å². The summed E-state index contributed by atoms with van der Waals surface area (Å²) >= 11 is 2.81. The first-order valence-corrected chi connectivity index (χ1v) is 14.1. The summed E-state index contributed by atoms with van der Waals surface area (Å²) in [6, 6.07) is 5.99. The number of aryl methyl sites for hydroxylation is 3. The van der Waals surface area contributed by atoms with Crippen LogP contribution in [-0.2, 0) is 35.5 Å². The fraction of sp³-hybridized carbons (Fsp3) is 0.462. The van der Waals surface area contributed by atoms with Crippen molar-refractivity contribution in [2.24, 2.45) is 0 Å². The van der Waals surface area contributed by atoms with E-state index in [4.69, 9.17) is 9.47 Å². The summed E-state index contributed by atoms with van der Waals surface area (Å²) in [5, 5.41) is 12.8.